The van der Waals surface area contributed by atoms with Crippen LogP contribution in [0.3, 0.4) is 0 Å². The van der Waals surface area contributed by atoms with E-state index in [1.807, 2.05) is 0 Å². The Morgan fingerprint density at radius 3 is 2.60 bits per heavy atom. The topological polar surface area (TPSA) is 0 Å². The van der Waals surface area contributed by atoms with Crippen LogP contribution in [0.5, 0.6) is 0 Å². The summed E-state index contributed by atoms with van der Waals surface area (Å²) in [6.45, 7) is 9.14. The summed E-state index contributed by atoms with van der Waals surface area (Å²) < 4.78 is 0. The third kappa shape index (κ3) is 1.99. The minimum atomic E-state index is 0.260. The number of rotatable bonds is 0. The van der Waals surface area contributed by atoms with E-state index in [0.717, 1.165) is 0 Å². The fourth-order valence-corrected chi connectivity index (χ4v) is 2.15. The number of hydrogen-bond acceptors (Lipinski definition) is 0. The van der Waals surface area contributed by atoms with E-state index in [0.29, 0.717) is 5.92 Å². The van der Waals surface area contributed by atoms with E-state index in [9.17, 15) is 0 Å². The van der Waals surface area contributed by atoms with Gasteiger partial charge in [0, 0.05) is 0 Å². The third-order valence-corrected chi connectivity index (χ3v) is 3.27. The van der Waals surface area contributed by atoms with Crippen LogP contribution in [0, 0.1) is 0 Å². The molecule has 0 bridgehead atoms. The second-order valence-corrected chi connectivity index (χ2v) is 5.63. The van der Waals surface area contributed by atoms with Gasteiger partial charge in [-0.25, -0.2) is 0 Å². The van der Waals surface area contributed by atoms with Crippen molar-refractivity contribution in [2.75, 3.05) is 0 Å². The molecule has 2 rings (SSSR count). The zero-order valence-corrected chi connectivity index (χ0v) is 10.2. The molecule has 1 aromatic carbocycles. The maximum atomic E-state index is 2.39. The molecule has 1 atom stereocenters. The number of hydrogen-bond donors (Lipinski definition) is 0. The van der Waals surface area contributed by atoms with E-state index in [1.54, 1.807) is 0 Å². The summed E-state index contributed by atoms with van der Waals surface area (Å²) in [7, 11) is 0. The van der Waals surface area contributed by atoms with E-state index >= 15 is 0 Å². The molecule has 0 fully saturated rings. The van der Waals surface area contributed by atoms with Gasteiger partial charge in [0.05, 0.1) is 0 Å². The molecule has 0 heterocycles. The first kappa shape index (κ1) is 10.5. The summed E-state index contributed by atoms with van der Waals surface area (Å²) in [6, 6.07) is 6.92. The lowest BCUT2D eigenvalue weighted by Gasteiger charge is -2.24. The zero-order valence-electron chi connectivity index (χ0n) is 10.2. The first-order valence-electron chi connectivity index (χ1n) is 5.79. The second kappa shape index (κ2) is 3.52. The van der Waals surface area contributed by atoms with Gasteiger partial charge in [-0.05, 0) is 34.4 Å². The molecule has 0 N–H and O–H groups in total. The van der Waals surface area contributed by atoms with Gasteiger partial charge >= 0.3 is 0 Å². The summed E-state index contributed by atoms with van der Waals surface area (Å²) in [6.07, 6.45) is 5.71. The lowest BCUT2D eigenvalue weighted by atomic mass is 9.81. The first-order chi connectivity index (χ1) is 6.98. The van der Waals surface area contributed by atoms with Gasteiger partial charge in [-0.2, -0.15) is 0 Å². The average molecular weight is 200 g/mol. The van der Waals surface area contributed by atoms with Crippen LogP contribution in [-0.2, 0) is 5.41 Å². The highest BCUT2D eigenvalue weighted by molar-refractivity contribution is 5.58. The normalized spacial score (nSPS) is 20.1. The third-order valence-electron chi connectivity index (χ3n) is 3.27. The number of benzene rings is 1. The van der Waals surface area contributed by atoms with Crippen molar-refractivity contribution in [2.24, 2.45) is 0 Å². The second-order valence-electron chi connectivity index (χ2n) is 5.63. The summed E-state index contributed by atoms with van der Waals surface area (Å²) in [5.74, 6) is 0.673. The molecule has 0 spiro atoms. The van der Waals surface area contributed by atoms with E-state index in [2.05, 4.69) is 58.0 Å². The fourth-order valence-electron chi connectivity index (χ4n) is 2.15. The highest BCUT2D eigenvalue weighted by Crippen LogP contribution is 2.33. The van der Waals surface area contributed by atoms with Gasteiger partial charge in [0.25, 0.3) is 0 Å². The lowest BCUT2D eigenvalue weighted by Crippen LogP contribution is -2.12. The van der Waals surface area contributed by atoms with E-state index in [1.165, 1.54) is 23.1 Å². The van der Waals surface area contributed by atoms with Crippen molar-refractivity contribution in [1.29, 1.82) is 0 Å². The van der Waals surface area contributed by atoms with Gasteiger partial charge in [-0.1, -0.05) is 58.0 Å². The van der Waals surface area contributed by atoms with Crippen molar-refractivity contribution in [1.82, 2.24) is 0 Å². The summed E-state index contributed by atoms with van der Waals surface area (Å²) in [4.78, 5) is 0. The summed E-state index contributed by atoms with van der Waals surface area (Å²) >= 11 is 0. The standard InChI is InChI=1S/C15H20/c1-11-6-5-7-12-8-9-13(10-14(11)12)15(2,3)4/h5,7-11H,6H2,1-4H3. The van der Waals surface area contributed by atoms with Crippen molar-refractivity contribution < 1.29 is 0 Å². The minimum Gasteiger partial charge on any atom is -0.0833 e. The Kier molecular flexibility index (Phi) is 2.46. The fraction of sp³-hybridized carbons (Fsp3) is 0.467. The zero-order chi connectivity index (χ0) is 11.1. The Hall–Kier alpha value is -1.04. The van der Waals surface area contributed by atoms with Gasteiger partial charge in [0.1, 0.15) is 0 Å². The minimum absolute atomic E-state index is 0.260. The van der Waals surface area contributed by atoms with Crippen molar-refractivity contribution >= 4 is 6.08 Å². The van der Waals surface area contributed by atoms with Crippen LogP contribution < -0.4 is 0 Å². The molecule has 1 unspecified atom stereocenters. The predicted molar refractivity (Wildman–Crippen MR) is 67.2 cm³/mol. The molecule has 1 aliphatic carbocycles. The molecule has 0 amide bonds. The molecule has 0 saturated heterocycles. The number of fused-ring (bicyclic) bond motifs is 1. The van der Waals surface area contributed by atoms with Gasteiger partial charge < -0.3 is 0 Å². The van der Waals surface area contributed by atoms with Gasteiger partial charge in [-0.15, -0.1) is 0 Å². The largest absolute Gasteiger partial charge is 0.0833 e. The quantitative estimate of drug-likeness (QED) is 0.578. The monoisotopic (exact) mass is 200 g/mol. The Labute approximate surface area is 93.0 Å². The number of allylic oxidation sites excluding steroid dienone is 1. The maximum Gasteiger partial charge on any atom is -0.0132 e. The molecule has 0 radical (unpaired) electrons. The molecule has 1 aliphatic rings. The molecule has 0 saturated carbocycles. The van der Waals surface area contributed by atoms with Crippen LogP contribution in [0.1, 0.15) is 56.7 Å². The van der Waals surface area contributed by atoms with Gasteiger partial charge in [0.15, 0.2) is 0 Å². The SMILES string of the molecule is CC1CC=Cc2ccc(C(C)(C)C)cc21. The van der Waals surface area contributed by atoms with Crippen LogP contribution in [0.4, 0.5) is 0 Å². The molecule has 0 nitrogen and oxygen atoms in total. The molecule has 80 valence electrons. The van der Waals surface area contributed by atoms with Gasteiger partial charge in [-0.3, -0.25) is 0 Å². The molecular formula is C15H20. The average Bonchev–Trinajstić information content (AvgIpc) is 2.16. The van der Waals surface area contributed by atoms with Gasteiger partial charge in [0.2, 0.25) is 0 Å². The highest BCUT2D eigenvalue weighted by Gasteiger charge is 2.18. The Bertz CT molecular complexity index is 391. The molecular weight excluding hydrogens is 180 g/mol. The van der Waals surface area contributed by atoms with E-state index in [4.69, 9.17) is 0 Å². The van der Waals surface area contributed by atoms with Crippen molar-refractivity contribution in [3.63, 3.8) is 0 Å². The predicted octanol–water partition coefficient (Wildman–Crippen LogP) is 4.50. The van der Waals surface area contributed by atoms with Crippen LogP contribution in [-0.4, -0.2) is 0 Å². The van der Waals surface area contributed by atoms with Crippen LogP contribution in [0.15, 0.2) is 24.3 Å². The van der Waals surface area contributed by atoms with Crippen molar-refractivity contribution in [2.45, 2.75) is 45.4 Å². The maximum absolute atomic E-state index is 2.39. The smallest absolute Gasteiger partial charge is 0.0132 e. The highest BCUT2D eigenvalue weighted by atomic mass is 14.2. The van der Waals surface area contributed by atoms with Crippen LogP contribution >= 0.6 is 0 Å². The van der Waals surface area contributed by atoms with Crippen LogP contribution in [0.25, 0.3) is 6.08 Å². The van der Waals surface area contributed by atoms with Crippen molar-refractivity contribution in [3.8, 4) is 0 Å². The van der Waals surface area contributed by atoms with Crippen LogP contribution in [0.2, 0.25) is 0 Å². The molecule has 15 heavy (non-hydrogen) atoms. The van der Waals surface area contributed by atoms with E-state index in [-0.39, 0.29) is 5.41 Å². The lowest BCUT2D eigenvalue weighted by molar-refractivity contribution is 0.587. The molecule has 0 aliphatic heterocycles. The molecule has 0 heteroatoms. The Morgan fingerprint density at radius 2 is 1.93 bits per heavy atom. The Balaban J connectivity index is 2.50. The van der Waals surface area contributed by atoms with Crippen molar-refractivity contribution in [3.05, 3.63) is 41.0 Å². The van der Waals surface area contributed by atoms with E-state index < -0.39 is 0 Å². The Morgan fingerprint density at radius 1 is 1.20 bits per heavy atom. The summed E-state index contributed by atoms with van der Waals surface area (Å²) in [5, 5.41) is 0. The first-order valence-corrected chi connectivity index (χ1v) is 5.79. The molecule has 0 aromatic heterocycles. The molecule has 1 aromatic rings. The summed E-state index contributed by atoms with van der Waals surface area (Å²) in [5.41, 5.74) is 4.63.